The quantitative estimate of drug-likeness (QED) is 0.269. The monoisotopic (exact) mass is 831 g/mol. The first kappa shape index (κ1) is 40.0. The smallest absolute Gasteiger partial charge is 0.408 e. The van der Waals surface area contributed by atoms with Crippen LogP contribution in [0.5, 0.6) is 11.5 Å². The van der Waals surface area contributed by atoms with Crippen LogP contribution in [0.4, 0.5) is 4.79 Å². The van der Waals surface area contributed by atoms with Crippen molar-refractivity contribution in [3.05, 3.63) is 46.6 Å². The molecule has 1 aromatic carbocycles. The molecule has 316 valence electrons. The highest BCUT2D eigenvalue weighted by molar-refractivity contribution is 6.36. The Labute approximate surface area is 349 Å². The molecular formula is C44H54ClN5O9. The third-order valence-corrected chi connectivity index (χ3v) is 13.9. The van der Waals surface area contributed by atoms with Crippen LogP contribution in [-0.4, -0.2) is 120 Å². The molecular weight excluding hydrogens is 778 g/mol. The van der Waals surface area contributed by atoms with Crippen LogP contribution < -0.4 is 20.1 Å². The Morgan fingerprint density at radius 2 is 1.92 bits per heavy atom. The molecule has 10 rings (SSSR count). The molecule has 5 saturated carbocycles. The number of allylic oxidation sites excluding steroid dienone is 2. The maximum Gasteiger partial charge on any atom is 0.408 e. The van der Waals surface area contributed by atoms with Crippen LogP contribution in [0, 0.1) is 29.6 Å². The van der Waals surface area contributed by atoms with E-state index in [1.807, 2.05) is 44.2 Å². The van der Waals surface area contributed by atoms with Gasteiger partial charge in [-0.15, -0.1) is 0 Å². The summed E-state index contributed by atoms with van der Waals surface area (Å²) in [4.78, 5) is 63.5. The van der Waals surface area contributed by atoms with E-state index in [1.165, 1.54) is 4.90 Å². The molecule has 3 unspecified atom stereocenters. The maximum atomic E-state index is 14.7. The Bertz CT molecular complexity index is 2050. The van der Waals surface area contributed by atoms with Crippen molar-refractivity contribution in [3.8, 4) is 11.5 Å². The van der Waals surface area contributed by atoms with Crippen molar-refractivity contribution < 1.29 is 43.2 Å². The number of amides is 3. The fourth-order valence-electron chi connectivity index (χ4n) is 10.2. The van der Waals surface area contributed by atoms with Crippen LogP contribution >= 0.6 is 11.6 Å². The number of hydrogen-bond acceptors (Lipinski definition) is 10. The van der Waals surface area contributed by atoms with Gasteiger partial charge < -0.3 is 39.6 Å². The fourth-order valence-corrected chi connectivity index (χ4v) is 10.4. The number of ether oxygens (including phenoxy) is 4. The summed E-state index contributed by atoms with van der Waals surface area (Å²) in [5, 5.41) is 17.0. The molecule has 7 fully saturated rings. The summed E-state index contributed by atoms with van der Waals surface area (Å²) in [5.41, 5.74) is 0.658. The van der Waals surface area contributed by atoms with E-state index in [1.54, 1.807) is 6.07 Å². The van der Waals surface area contributed by atoms with Crippen LogP contribution in [0.2, 0.25) is 5.02 Å². The summed E-state index contributed by atoms with van der Waals surface area (Å²) < 4.78 is 24.2. The van der Waals surface area contributed by atoms with E-state index in [0.717, 1.165) is 50.9 Å². The number of carbonyl (C=O) groups excluding carboxylic acids is 3. The molecule has 14 nitrogen and oxygen atoms in total. The number of morpholine rings is 1. The van der Waals surface area contributed by atoms with E-state index in [9.17, 15) is 24.3 Å². The molecule has 2 aromatic rings. The first-order valence-electron chi connectivity index (χ1n) is 21.4. The van der Waals surface area contributed by atoms with Crippen molar-refractivity contribution in [2.45, 2.75) is 95.0 Å². The topological polar surface area (TPSA) is 169 Å². The van der Waals surface area contributed by atoms with E-state index < -0.39 is 47.6 Å². The Hall–Kier alpha value is -4.40. The lowest BCUT2D eigenvalue weighted by Crippen LogP contribution is -2.56. The maximum absolute atomic E-state index is 14.7. The summed E-state index contributed by atoms with van der Waals surface area (Å²) in [6.07, 6.45) is 9.08. The highest BCUT2D eigenvalue weighted by Gasteiger charge is 2.81. The molecule has 2 saturated heterocycles. The number of nitrogens with one attached hydrogen (secondary N) is 2. The zero-order valence-electron chi connectivity index (χ0n) is 33.7. The molecule has 3 N–H and O–H groups in total. The van der Waals surface area contributed by atoms with Crippen LogP contribution in [0.15, 0.2) is 35.9 Å². The minimum absolute atomic E-state index is 0.0293. The van der Waals surface area contributed by atoms with Crippen LogP contribution in [0.1, 0.15) is 70.9 Å². The summed E-state index contributed by atoms with van der Waals surface area (Å²) in [7, 11) is 0. The van der Waals surface area contributed by atoms with Gasteiger partial charge in [-0.2, -0.15) is 0 Å². The molecule has 4 heterocycles. The molecule has 1 aromatic heterocycles. The first-order chi connectivity index (χ1) is 28.5. The lowest BCUT2D eigenvalue weighted by atomic mass is 10.0. The number of halogens is 1. The number of carboxylic acid groups (broad SMARTS) is 1. The van der Waals surface area contributed by atoms with Gasteiger partial charge >= 0.3 is 12.1 Å². The molecule has 8 aliphatic rings. The number of benzene rings is 1. The highest BCUT2D eigenvalue weighted by atomic mass is 35.5. The minimum Gasteiger partial charge on any atom is -0.491 e. The predicted octanol–water partition coefficient (Wildman–Crippen LogP) is 5.21. The number of carboxylic acids is 1. The van der Waals surface area contributed by atoms with E-state index in [4.69, 9.17) is 35.5 Å². The summed E-state index contributed by atoms with van der Waals surface area (Å²) >= 11 is 7.00. The van der Waals surface area contributed by atoms with Gasteiger partial charge in [0.05, 0.1) is 31.0 Å². The van der Waals surface area contributed by atoms with E-state index in [2.05, 4.69) is 15.5 Å². The van der Waals surface area contributed by atoms with Gasteiger partial charge in [-0.25, -0.2) is 14.6 Å². The second-order valence-corrected chi connectivity index (χ2v) is 18.1. The number of rotatable bonds is 10. The number of aliphatic carboxylic acids is 1. The van der Waals surface area contributed by atoms with Gasteiger partial charge in [-0.3, -0.25) is 14.5 Å². The molecule has 3 aliphatic heterocycles. The van der Waals surface area contributed by atoms with Crippen molar-refractivity contribution in [3.63, 3.8) is 0 Å². The van der Waals surface area contributed by atoms with Gasteiger partial charge in [-0.1, -0.05) is 42.2 Å². The number of hydrogen-bond donors (Lipinski definition) is 3. The molecule has 59 heavy (non-hydrogen) atoms. The lowest BCUT2D eigenvalue weighted by molar-refractivity contribution is -0.145. The zero-order chi connectivity index (χ0) is 41.0. The number of pyridine rings is 1. The van der Waals surface area contributed by atoms with E-state index >= 15 is 0 Å². The number of alkyl carbamates (subject to hydrolysis) is 1. The van der Waals surface area contributed by atoms with Gasteiger partial charge in [-0.05, 0) is 81.9 Å². The van der Waals surface area contributed by atoms with Crippen LogP contribution in [0.3, 0.4) is 0 Å². The predicted molar refractivity (Wildman–Crippen MR) is 218 cm³/mol. The Morgan fingerprint density at radius 1 is 1.10 bits per heavy atom. The molecule has 0 spiro atoms. The molecule has 3 amide bonds. The van der Waals surface area contributed by atoms with Gasteiger partial charge in [0, 0.05) is 49.3 Å². The summed E-state index contributed by atoms with van der Waals surface area (Å²) in [6.45, 7) is 8.22. The summed E-state index contributed by atoms with van der Waals surface area (Å²) in [6, 6.07) is 3.48. The fraction of sp³-hybridized carbons (Fsp3) is 0.614. The van der Waals surface area contributed by atoms with Gasteiger partial charge in [0.15, 0.2) is 0 Å². The first-order valence-corrected chi connectivity index (χ1v) is 21.8. The van der Waals surface area contributed by atoms with Gasteiger partial charge in [0.25, 0.3) is 0 Å². The zero-order valence-corrected chi connectivity index (χ0v) is 34.5. The van der Waals surface area contributed by atoms with E-state index in [-0.39, 0.29) is 31.4 Å². The SMILES string of the molecule is CC(C)=Cc1cc(O[C@@H]2C[C@H]3C(=O)N[C@]4(C(=O)O)C[C@H]4/C=C\CCCCC[C@H](NC(=O)O[C@@H]4CC5C6C4[C@H]56)C(=O)N3C2)c2ccc(OCCN3CCOCC3)c(Cl)c2n1. The Balaban J connectivity index is 0.979. The molecule has 10 atom stereocenters. The molecule has 15 heteroatoms. The molecule has 2 bridgehead atoms. The Kier molecular flexibility index (Phi) is 11.0. The standard InChI is InChI=1S/C44H54ClN5O9/c1-24(2)18-26-19-33(28-10-11-32(38(45)39(28)46-26)57-17-14-49-12-15-56-16-13-49)58-27-20-31-40(51)48-44(42(53)54)22-25(44)8-6-4-3-5-7-9-30(41(52)50(31)23-27)47-43(55)59-34-21-29-35-36(29)37(34)35/h6,8,10-11,18-19,25,27,29-31,34-37H,3-5,7,9,12-17,20-23H2,1-2H3,(H,47,55)(H,48,51)(H,53,54)/b8-6-/t25-,27-,29?,30+,31+,34-,35-,36?,37?,44-/m1/s1. The van der Waals surface area contributed by atoms with Gasteiger partial charge in [0.2, 0.25) is 11.8 Å². The number of nitrogens with zero attached hydrogens (tertiary/aromatic N) is 3. The van der Waals surface area contributed by atoms with Crippen molar-refractivity contribution in [1.82, 2.24) is 25.4 Å². The van der Waals surface area contributed by atoms with Crippen LogP contribution in [0.25, 0.3) is 17.0 Å². The van der Waals surface area contributed by atoms with Crippen molar-refractivity contribution in [1.29, 1.82) is 0 Å². The van der Waals surface area contributed by atoms with E-state index in [0.29, 0.717) is 89.5 Å². The summed E-state index contributed by atoms with van der Waals surface area (Å²) in [5.74, 6) is 1.05. The Morgan fingerprint density at radius 3 is 2.66 bits per heavy atom. The third-order valence-electron chi connectivity index (χ3n) is 13.5. The second-order valence-electron chi connectivity index (χ2n) is 17.7. The largest absolute Gasteiger partial charge is 0.491 e. The molecule has 5 aliphatic carbocycles. The third kappa shape index (κ3) is 8.12. The van der Waals surface area contributed by atoms with Gasteiger partial charge in [0.1, 0.15) is 53.0 Å². The lowest BCUT2D eigenvalue weighted by Gasteiger charge is -2.29. The van der Waals surface area contributed by atoms with Crippen molar-refractivity contribution in [2.75, 3.05) is 46.0 Å². The van der Waals surface area contributed by atoms with Crippen LogP contribution in [-0.2, 0) is 23.9 Å². The normalized spacial score (nSPS) is 34.2. The highest BCUT2D eigenvalue weighted by Crippen LogP contribution is 2.82. The van der Waals surface area contributed by atoms with Crippen molar-refractivity contribution in [2.24, 2.45) is 29.6 Å². The minimum atomic E-state index is -1.45. The molecule has 0 radical (unpaired) electrons. The van der Waals surface area contributed by atoms with Crippen molar-refractivity contribution >= 4 is 52.5 Å². The number of aromatic nitrogens is 1. The number of carbonyl (C=O) groups is 4. The second kappa shape index (κ2) is 16.2. The number of fused-ring (bicyclic) bond motifs is 4. The average molecular weight is 832 g/mol. The average Bonchev–Trinajstić information content (AvgIpc) is 4.12.